The summed E-state index contributed by atoms with van der Waals surface area (Å²) in [4.78, 5) is 6.99. The van der Waals surface area contributed by atoms with Crippen LogP contribution in [0.4, 0.5) is 0 Å². The summed E-state index contributed by atoms with van der Waals surface area (Å²) >= 11 is 0. The second-order valence-electron chi connectivity index (χ2n) is 8.18. The SMILES string of the molecule is CCOc1ccc(-c2nc(CN3CCN(S(=O)(=O)c4cc(OC)ccc4OC)CC3)c(C)o2)cc1. The highest BCUT2D eigenvalue weighted by molar-refractivity contribution is 7.89. The Labute approximate surface area is 206 Å². The summed E-state index contributed by atoms with van der Waals surface area (Å²) in [5.41, 5.74) is 1.73. The highest BCUT2D eigenvalue weighted by atomic mass is 32.2. The predicted molar refractivity (Wildman–Crippen MR) is 131 cm³/mol. The number of nitrogens with zero attached hydrogens (tertiary/aromatic N) is 3. The van der Waals surface area contributed by atoms with Crippen LogP contribution in [0.25, 0.3) is 11.5 Å². The van der Waals surface area contributed by atoms with Crippen LogP contribution in [0.15, 0.2) is 51.8 Å². The van der Waals surface area contributed by atoms with Crippen LogP contribution >= 0.6 is 0 Å². The first kappa shape index (κ1) is 25.0. The van der Waals surface area contributed by atoms with Gasteiger partial charge in [-0.3, -0.25) is 4.90 Å². The lowest BCUT2D eigenvalue weighted by molar-refractivity contribution is 0.179. The van der Waals surface area contributed by atoms with Gasteiger partial charge >= 0.3 is 0 Å². The van der Waals surface area contributed by atoms with Gasteiger partial charge in [0.2, 0.25) is 15.9 Å². The van der Waals surface area contributed by atoms with Crippen molar-refractivity contribution in [1.29, 1.82) is 0 Å². The molecule has 1 saturated heterocycles. The first-order valence-electron chi connectivity index (χ1n) is 11.5. The molecule has 9 nitrogen and oxygen atoms in total. The molecule has 0 spiro atoms. The first-order valence-corrected chi connectivity index (χ1v) is 12.9. The van der Waals surface area contributed by atoms with Gasteiger partial charge in [0.1, 0.15) is 27.9 Å². The second kappa shape index (κ2) is 10.7. The van der Waals surface area contributed by atoms with Crippen molar-refractivity contribution < 1.29 is 27.0 Å². The lowest BCUT2D eigenvalue weighted by Crippen LogP contribution is -2.48. The highest BCUT2D eigenvalue weighted by Gasteiger charge is 2.31. The third-order valence-electron chi connectivity index (χ3n) is 6.00. The van der Waals surface area contributed by atoms with E-state index in [1.54, 1.807) is 12.1 Å². The second-order valence-corrected chi connectivity index (χ2v) is 10.1. The zero-order valence-corrected chi connectivity index (χ0v) is 21.3. The summed E-state index contributed by atoms with van der Waals surface area (Å²) in [5.74, 6) is 2.89. The number of hydrogen-bond donors (Lipinski definition) is 0. The van der Waals surface area contributed by atoms with Crippen LogP contribution in [-0.4, -0.2) is 69.6 Å². The quantitative estimate of drug-likeness (QED) is 0.439. The fourth-order valence-electron chi connectivity index (χ4n) is 4.02. The van der Waals surface area contributed by atoms with Gasteiger partial charge in [0, 0.05) is 44.4 Å². The molecular weight excluding hydrogens is 470 g/mol. The van der Waals surface area contributed by atoms with Crippen LogP contribution in [0, 0.1) is 6.92 Å². The normalized spacial score (nSPS) is 15.2. The Morgan fingerprint density at radius 2 is 1.66 bits per heavy atom. The van der Waals surface area contributed by atoms with E-state index < -0.39 is 10.0 Å². The molecule has 0 N–H and O–H groups in total. The molecule has 2 heterocycles. The van der Waals surface area contributed by atoms with Crippen LogP contribution in [-0.2, 0) is 16.6 Å². The van der Waals surface area contributed by atoms with E-state index in [0.717, 1.165) is 22.8 Å². The van der Waals surface area contributed by atoms with E-state index in [2.05, 4.69) is 4.90 Å². The van der Waals surface area contributed by atoms with Gasteiger partial charge in [-0.1, -0.05) is 0 Å². The van der Waals surface area contributed by atoms with Crippen molar-refractivity contribution in [2.45, 2.75) is 25.3 Å². The summed E-state index contributed by atoms with van der Waals surface area (Å²) in [6, 6.07) is 12.4. The highest BCUT2D eigenvalue weighted by Crippen LogP contribution is 2.31. The van der Waals surface area contributed by atoms with E-state index in [1.807, 2.05) is 38.1 Å². The van der Waals surface area contributed by atoms with Gasteiger partial charge in [-0.2, -0.15) is 4.31 Å². The van der Waals surface area contributed by atoms with Crippen molar-refractivity contribution in [1.82, 2.24) is 14.2 Å². The molecule has 0 aliphatic carbocycles. The Balaban J connectivity index is 1.42. The van der Waals surface area contributed by atoms with Gasteiger partial charge in [0.05, 0.1) is 26.5 Å². The molecule has 0 bridgehead atoms. The number of aromatic nitrogens is 1. The molecule has 0 radical (unpaired) electrons. The third kappa shape index (κ3) is 5.44. The first-order chi connectivity index (χ1) is 16.8. The molecule has 1 aromatic heterocycles. The lowest BCUT2D eigenvalue weighted by atomic mass is 10.2. The van der Waals surface area contributed by atoms with Crippen molar-refractivity contribution >= 4 is 10.0 Å². The van der Waals surface area contributed by atoms with Crippen molar-refractivity contribution in [3.63, 3.8) is 0 Å². The molecule has 1 aliphatic rings. The van der Waals surface area contributed by atoms with Crippen LogP contribution in [0.2, 0.25) is 0 Å². The Hall–Kier alpha value is -3.08. The van der Waals surface area contributed by atoms with Crippen LogP contribution in [0.5, 0.6) is 17.2 Å². The molecule has 0 unspecified atom stereocenters. The predicted octanol–water partition coefficient (Wildman–Crippen LogP) is 3.57. The molecule has 35 heavy (non-hydrogen) atoms. The van der Waals surface area contributed by atoms with Gasteiger partial charge in [0.15, 0.2) is 0 Å². The maximum Gasteiger partial charge on any atom is 0.246 e. The minimum absolute atomic E-state index is 0.111. The Morgan fingerprint density at radius 3 is 2.29 bits per heavy atom. The molecule has 2 aromatic carbocycles. The van der Waals surface area contributed by atoms with Crippen LogP contribution < -0.4 is 14.2 Å². The molecule has 0 atom stereocenters. The van der Waals surface area contributed by atoms with E-state index >= 15 is 0 Å². The number of ether oxygens (including phenoxy) is 3. The van der Waals surface area contributed by atoms with Crippen molar-refractivity contribution in [3.8, 4) is 28.7 Å². The largest absolute Gasteiger partial charge is 0.497 e. The number of benzene rings is 2. The van der Waals surface area contributed by atoms with Gasteiger partial charge < -0.3 is 18.6 Å². The van der Waals surface area contributed by atoms with E-state index in [9.17, 15) is 8.42 Å². The summed E-state index contributed by atoms with van der Waals surface area (Å²) in [7, 11) is -0.761. The molecule has 0 saturated carbocycles. The van der Waals surface area contributed by atoms with Crippen molar-refractivity contribution in [2.24, 2.45) is 0 Å². The van der Waals surface area contributed by atoms with Gasteiger partial charge in [-0.25, -0.2) is 13.4 Å². The van der Waals surface area contributed by atoms with Crippen molar-refractivity contribution in [3.05, 3.63) is 53.9 Å². The number of aryl methyl sites for hydroxylation is 1. The number of rotatable bonds is 9. The number of methoxy groups -OCH3 is 2. The summed E-state index contributed by atoms with van der Waals surface area (Å²) in [5, 5.41) is 0. The molecule has 4 rings (SSSR count). The molecule has 188 valence electrons. The minimum Gasteiger partial charge on any atom is -0.497 e. The summed E-state index contributed by atoms with van der Waals surface area (Å²) in [6.45, 7) is 6.94. The molecule has 10 heteroatoms. The van der Waals surface area contributed by atoms with E-state index in [-0.39, 0.29) is 4.90 Å². The minimum atomic E-state index is -3.72. The van der Waals surface area contributed by atoms with E-state index in [0.29, 0.717) is 56.7 Å². The van der Waals surface area contributed by atoms with Crippen LogP contribution in [0.3, 0.4) is 0 Å². The standard InChI is InChI=1S/C25H31N3O6S/c1-5-33-20-8-6-19(7-9-20)25-26-22(18(2)34-25)17-27-12-14-28(15-13-27)35(29,30)24-16-21(31-3)10-11-23(24)32-4/h6-11,16H,5,12-15,17H2,1-4H3. The molecule has 3 aromatic rings. The average Bonchev–Trinajstić information content (AvgIpc) is 3.24. The molecular formula is C25H31N3O6S. The fraction of sp³-hybridized carbons (Fsp3) is 0.400. The van der Waals surface area contributed by atoms with Gasteiger partial charge in [-0.05, 0) is 50.2 Å². The zero-order valence-electron chi connectivity index (χ0n) is 20.5. The lowest BCUT2D eigenvalue weighted by Gasteiger charge is -2.33. The topological polar surface area (TPSA) is 94.3 Å². The zero-order chi connectivity index (χ0) is 25.0. The maximum absolute atomic E-state index is 13.3. The summed E-state index contributed by atoms with van der Waals surface area (Å²) in [6.07, 6.45) is 0. The van der Waals surface area contributed by atoms with Gasteiger partial charge in [0.25, 0.3) is 0 Å². The fourth-order valence-corrected chi connectivity index (χ4v) is 5.62. The van der Waals surface area contributed by atoms with E-state index in [1.165, 1.54) is 24.6 Å². The smallest absolute Gasteiger partial charge is 0.246 e. The molecule has 1 fully saturated rings. The molecule has 0 amide bonds. The van der Waals surface area contributed by atoms with Crippen LogP contribution in [0.1, 0.15) is 18.4 Å². The molecule has 1 aliphatic heterocycles. The Bertz CT molecular complexity index is 1250. The van der Waals surface area contributed by atoms with Crippen molar-refractivity contribution in [2.75, 3.05) is 47.0 Å². The number of piperazine rings is 1. The number of hydrogen-bond acceptors (Lipinski definition) is 8. The average molecular weight is 502 g/mol. The number of sulfonamides is 1. The monoisotopic (exact) mass is 501 g/mol. The summed E-state index contributed by atoms with van der Waals surface area (Å²) < 4.78 is 50.0. The Morgan fingerprint density at radius 1 is 0.971 bits per heavy atom. The number of oxazole rings is 1. The van der Waals surface area contributed by atoms with Gasteiger partial charge in [-0.15, -0.1) is 0 Å². The Kier molecular flexibility index (Phi) is 7.63. The third-order valence-corrected chi connectivity index (χ3v) is 7.92. The van der Waals surface area contributed by atoms with E-state index in [4.69, 9.17) is 23.6 Å². The maximum atomic E-state index is 13.3.